The highest BCUT2D eigenvalue weighted by Crippen LogP contribution is 2.51. The minimum absolute atomic E-state index is 0.248. The van der Waals surface area contributed by atoms with Crippen LogP contribution in [-0.2, 0) is 14.4 Å². The van der Waals surface area contributed by atoms with Crippen molar-refractivity contribution in [3.8, 4) is 0 Å². The van der Waals surface area contributed by atoms with Gasteiger partial charge in [-0.1, -0.05) is 51.5 Å². The summed E-state index contributed by atoms with van der Waals surface area (Å²) in [5.74, 6) is -2.97. The van der Waals surface area contributed by atoms with Gasteiger partial charge in [-0.15, -0.1) is 0 Å². The average Bonchev–Trinajstić information content (AvgIpc) is 3.23. The number of carboxylic acid groups (broad SMARTS) is 1. The molecule has 3 fully saturated rings. The summed E-state index contributed by atoms with van der Waals surface area (Å²) in [5.41, 5.74) is -0.805. The van der Waals surface area contributed by atoms with Gasteiger partial charge in [0.25, 0.3) is 0 Å². The van der Waals surface area contributed by atoms with Gasteiger partial charge in [-0.25, -0.2) is 0 Å². The molecule has 4 atom stereocenters. The summed E-state index contributed by atoms with van der Waals surface area (Å²) in [6, 6.07) is 4.85. The van der Waals surface area contributed by atoms with Crippen LogP contribution in [0.15, 0.2) is 24.4 Å². The number of aliphatic carboxylic acids is 1. The van der Waals surface area contributed by atoms with Crippen LogP contribution in [0.4, 0.5) is 0 Å². The highest BCUT2D eigenvalue weighted by atomic mass is 16.4. The molecule has 0 aromatic carbocycles. The van der Waals surface area contributed by atoms with Crippen molar-refractivity contribution >= 4 is 17.8 Å². The molecule has 3 aliphatic rings. The molecule has 2 N–H and O–H groups in total. The number of hydrogen-bond acceptors (Lipinski definition) is 5. The number of imide groups is 1. The van der Waals surface area contributed by atoms with Crippen LogP contribution in [-0.4, -0.2) is 44.9 Å². The summed E-state index contributed by atoms with van der Waals surface area (Å²) in [7, 11) is 0. The van der Waals surface area contributed by atoms with Crippen LogP contribution < -0.4 is 5.32 Å². The molecule has 162 valence electrons. The molecule has 0 spiro atoms. The zero-order valence-corrected chi connectivity index (χ0v) is 17.5. The lowest BCUT2D eigenvalue weighted by molar-refractivity contribution is -0.152. The Bertz CT molecular complexity index is 808. The Labute approximate surface area is 177 Å². The van der Waals surface area contributed by atoms with Crippen LogP contribution in [0.1, 0.15) is 70.0 Å². The van der Waals surface area contributed by atoms with E-state index >= 15 is 0 Å². The molecule has 1 aromatic rings. The number of amides is 2. The van der Waals surface area contributed by atoms with Gasteiger partial charge in [0.1, 0.15) is 5.54 Å². The smallest absolute Gasteiger partial charge is 0.324 e. The summed E-state index contributed by atoms with van der Waals surface area (Å²) >= 11 is 0. The molecule has 1 aliphatic carbocycles. The van der Waals surface area contributed by atoms with Crippen molar-refractivity contribution in [1.82, 2.24) is 15.2 Å². The maximum absolute atomic E-state index is 13.4. The van der Waals surface area contributed by atoms with Gasteiger partial charge in [0.15, 0.2) is 0 Å². The molecule has 30 heavy (non-hydrogen) atoms. The molecule has 0 bridgehead atoms. The summed E-state index contributed by atoms with van der Waals surface area (Å²) in [6.45, 7) is 2.37. The van der Waals surface area contributed by atoms with Crippen LogP contribution in [0.2, 0.25) is 0 Å². The zero-order valence-electron chi connectivity index (χ0n) is 17.5. The second-order valence-corrected chi connectivity index (χ2v) is 9.05. The Hall–Kier alpha value is -2.28. The predicted octanol–water partition coefficient (Wildman–Crippen LogP) is 2.92. The number of carbonyl (C=O) groups is 3. The number of unbranched alkanes of at least 4 members (excludes halogenated alkanes) is 1. The van der Waals surface area contributed by atoms with Crippen molar-refractivity contribution < 1.29 is 19.5 Å². The Morgan fingerprint density at radius 3 is 2.63 bits per heavy atom. The van der Waals surface area contributed by atoms with E-state index < -0.39 is 29.4 Å². The lowest BCUT2D eigenvalue weighted by atomic mass is 9.72. The van der Waals surface area contributed by atoms with Crippen molar-refractivity contribution in [1.29, 1.82) is 0 Å². The van der Waals surface area contributed by atoms with E-state index in [1.54, 1.807) is 18.3 Å². The van der Waals surface area contributed by atoms with Crippen LogP contribution in [0.5, 0.6) is 0 Å². The van der Waals surface area contributed by atoms with Crippen LogP contribution in [0.25, 0.3) is 0 Å². The Kier molecular flexibility index (Phi) is 5.91. The van der Waals surface area contributed by atoms with E-state index in [1.165, 1.54) is 11.3 Å². The minimum Gasteiger partial charge on any atom is -0.480 e. The Morgan fingerprint density at radius 2 is 2.00 bits per heavy atom. The number of carbonyl (C=O) groups excluding carboxylic acids is 2. The number of carboxylic acids is 1. The number of rotatable bonds is 7. The van der Waals surface area contributed by atoms with Gasteiger partial charge in [-0.2, -0.15) is 0 Å². The summed E-state index contributed by atoms with van der Waals surface area (Å²) < 4.78 is 0. The highest BCUT2D eigenvalue weighted by molar-refractivity contribution is 6.09. The third-order valence-electron chi connectivity index (χ3n) is 7.20. The first-order valence-electron chi connectivity index (χ1n) is 11.3. The number of likely N-dealkylation sites (tertiary alicyclic amines) is 1. The number of fused-ring (bicyclic) bond motifs is 1. The maximum atomic E-state index is 13.4. The zero-order chi connectivity index (χ0) is 21.3. The molecule has 1 aromatic heterocycles. The van der Waals surface area contributed by atoms with E-state index in [-0.39, 0.29) is 17.7 Å². The largest absolute Gasteiger partial charge is 0.480 e. The molecule has 0 radical (unpaired) electrons. The third-order valence-corrected chi connectivity index (χ3v) is 7.20. The van der Waals surface area contributed by atoms with Gasteiger partial charge in [-0.3, -0.25) is 29.6 Å². The van der Waals surface area contributed by atoms with E-state index in [9.17, 15) is 19.5 Å². The van der Waals surface area contributed by atoms with Crippen molar-refractivity contribution in [3.63, 3.8) is 0 Å². The lowest BCUT2D eigenvalue weighted by Gasteiger charge is -2.35. The number of nitrogens with one attached hydrogen (secondary N) is 1. The molecule has 2 saturated heterocycles. The second-order valence-electron chi connectivity index (χ2n) is 9.05. The van der Waals surface area contributed by atoms with Gasteiger partial charge in [0.2, 0.25) is 11.8 Å². The minimum atomic E-state index is -1.43. The fourth-order valence-corrected chi connectivity index (χ4v) is 5.73. The summed E-state index contributed by atoms with van der Waals surface area (Å²) in [6.07, 6.45) is 8.92. The maximum Gasteiger partial charge on any atom is 0.324 e. The van der Waals surface area contributed by atoms with Crippen molar-refractivity contribution in [2.24, 2.45) is 17.8 Å². The van der Waals surface area contributed by atoms with Gasteiger partial charge >= 0.3 is 5.97 Å². The normalized spacial score (nSPS) is 31.9. The van der Waals surface area contributed by atoms with Gasteiger partial charge < -0.3 is 5.11 Å². The molecule has 4 rings (SSSR count). The Balaban J connectivity index is 1.75. The van der Waals surface area contributed by atoms with Gasteiger partial charge in [0, 0.05) is 12.7 Å². The fourth-order valence-electron chi connectivity index (χ4n) is 5.73. The number of pyridine rings is 1. The van der Waals surface area contributed by atoms with E-state index in [0.717, 1.165) is 38.5 Å². The van der Waals surface area contributed by atoms with Gasteiger partial charge in [-0.05, 0) is 30.9 Å². The van der Waals surface area contributed by atoms with E-state index in [4.69, 9.17) is 0 Å². The van der Waals surface area contributed by atoms with Crippen molar-refractivity contribution in [3.05, 3.63) is 30.1 Å². The highest BCUT2D eigenvalue weighted by Gasteiger charge is 2.68. The summed E-state index contributed by atoms with van der Waals surface area (Å²) in [4.78, 5) is 45.2. The molecule has 2 aliphatic heterocycles. The van der Waals surface area contributed by atoms with Crippen LogP contribution in [0.3, 0.4) is 0 Å². The molecule has 1 saturated carbocycles. The summed E-state index contributed by atoms with van der Waals surface area (Å²) in [5, 5.41) is 13.7. The Morgan fingerprint density at radius 1 is 1.23 bits per heavy atom. The first kappa shape index (κ1) is 21.0. The SMILES string of the molecule is CCCCN1C(=O)C2C(c3ccccn3)NC(CC3CCCCC3)(C(=O)O)C2C1=O. The quantitative estimate of drug-likeness (QED) is 0.667. The first-order chi connectivity index (χ1) is 14.5. The molecule has 7 nitrogen and oxygen atoms in total. The lowest BCUT2D eigenvalue weighted by Crippen LogP contribution is -2.57. The van der Waals surface area contributed by atoms with Crippen LogP contribution >= 0.6 is 0 Å². The van der Waals surface area contributed by atoms with Crippen LogP contribution in [0, 0.1) is 17.8 Å². The predicted molar refractivity (Wildman–Crippen MR) is 110 cm³/mol. The van der Waals surface area contributed by atoms with Crippen molar-refractivity contribution in [2.75, 3.05) is 6.54 Å². The van der Waals surface area contributed by atoms with E-state index in [1.807, 2.05) is 13.0 Å². The monoisotopic (exact) mass is 413 g/mol. The molecule has 2 amide bonds. The van der Waals surface area contributed by atoms with Crippen molar-refractivity contribution in [2.45, 2.75) is 69.9 Å². The average molecular weight is 414 g/mol. The van der Waals surface area contributed by atoms with E-state index in [2.05, 4.69) is 10.3 Å². The van der Waals surface area contributed by atoms with Gasteiger partial charge in [0.05, 0.1) is 23.6 Å². The molecular formula is C23H31N3O4. The second kappa shape index (κ2) is 8.46. The third kappa shape index (κ3) is 3.43. The molecule has 7 heteroatoms. The number of nitrogens with zero attached hydrogens (tertiary/aromatic N) is 2. The number of aromatic nitrogens is 1. The molecular weight excluding hydrogens is 382 g/mol. The molecule has 3 heterocycles. The first-order valence-corrected chi connectivity index (χ1v) is 11.3. The standard InChI is InChI=1S/C23H31N3O4/c1-2-3-13-26-20(27)17-18(21(26)28)23(22(29)30,14-15-9-5-4-6-10-15)25-19(17)16-11-7-8-12-24-16/h7-8,11-12,15,17-19,25H,2-6,9-10,13-14H2,1H3,(H,29,30). The molecule has 4 unspecified atom stereocenters. The fraction of sp³-hybridized carbons (Fsp3) is 0.652. The number of hydrogen-bond donors (Lipinski definition) is 2. The van der Waals surface area contributed by atoms with E-state index in [0.29, 0.717) is 18.7 Å². The topological polar surface area (TPSA) is 99.6 Å².